The maximum atomic E-state index is 12.2. The highest BCUT2D eigenvalue weighted by molar-refractivity contribution is 6.04. The van der Waals surface area contributed by atoms with Crippen molar-refractivity contribution in [3.8, 4) is 11.5 Å². The maximum Gasteiger partial charge on any atom is 0.257 e. The first-order chi connectivity index (χ1) is 9.65. The molecule has 1 heterocycles. The van der Waals surface area contributed by atoms with Gasteiger partial charge in [-0.2, -0.15) is 0 Å². The number of nitrogens with one attached hydrogen (secondary N) is 1. The zero-order valence-electron chi connectivity index (χ0n) is 11.6. The third kappa shape index (κ3) is 2.88. The highest BCUT2D eigenvalue weighted by Crippen LogP contribution is 2.29. The molecule has 1 N–H and O–H groups in total. The zero-order valence-corrected chi connectivity index (χ0v) is 11.6. The molecule has 20 heavy (non-hydrogen) atoms. The molecule has 0 bridgehead atoms. The van der Waals surface area contributed by atoms with Crippen molar-refractivity contribution in [1.29, 1.82) is 0 Å². The van der Waals surface area contributed by atoms with E-state index in [1.165, 1.54) is 0 Å². The van der Waals surface area contributed by atoms with Crippen LogP contribution in [0, 0.1) is 6.92 Å². The standard InChI is InChI=1S/C15H16N2O3/c1-10-12(19-2)8-11(9-13(10)20-3)15(18)17-14-6-4-5-7-16-14/h4-9H,1-3H3,(H,16,17,18). The van der Waals surface area contributed by atoms with Crippen LogP contribution in [-0.4, -0.2) is 25.1 Å². The van der Waals surface area contributed by atoms with Gasteiger partial charge in [-0.05, 0) is 31.2 Å². The molecule has 2 aromatic rings. The highest BCUT2D eigenvalue weighted by atomic mass is 16.5. The van der Waals surface area contributed by atoms with Crippen molar-refractivity contribution in [2.75, 3.05) is 19.5 Å². The second-order valence-electron chi connectivity index (χ2n) is 4.17. The van der Waals surface area contributed by atoms with E-state index in [4.69, 9.17) is 9.47 Å². The molecular weight excluding hydrogens is 256 g/mol. The van der Waals surface area contributed by atoms with Crippen molar-refractivity contribution < 1.29 is 14.3 Å². The van der Waals surface area contributed by atoms with Gasteiger partial charge >= 0.3 is 0 Å². The maximum absolute atomic E-state index is 12.2. The highest BCUT2D eigenvalue weighted by Gasteiger charge is 2.13. The number of pyridine rings is 1. The number of rotatable bonds is 4. The van der Waals surface area contributed by atoms with Crippen molar-refractivity contribution in [3.05, 3.63) is 47.7 Å². The largest absolute Gasteiger partial charge is 0.496 e. The van der Waals surface area contributed by atoms with Gasteiger partial charge in [-0.1, -0.05) is 6.07 Å². The number of hydrogen-bond donors (Lipinski definition) is 1. The molecule has 1 amide bonds. The summed E-state index contributed by atoms with van der Waals surface area (Å²) in [5.74, 6) is 1.45. The van der Waals surface area contributed by atoms with Gasteiger partial charge in [0.2, 0.25) is 0 Å². The van der Waals surface area contributed by atoms with Crippen molar-refractivity contribution in [2.24, 2.45) is 0 Å². The lowest BCUT2D eigenvalue weighted by atomic mass is 10.1. The van der Waals surface area contributed by atoms with Crippen LogP contribution in [0.15, 0.2) is 36.5 Å². The average molecular weight is 272 g/mol. The third-order valence-electron chi connectivity index (χ3n) is 2.92. The monoisotopic (exact) mass is 272 g/mol. The van der Waals surface area contributed by atoms with E-state index < -0.39 is 0 Å². The molecule has 0 unspecified atom stereocenters. The van der Waals surface area contributed by atoms with Gasteiger partial charge in [0.1, 0.15) is 17.3 Å². The van der Waals surface area contributed by atoms with Gasteiger partial charge in [0.25, 0.3) is 5.91 Å². The summed E-state index contributed by atoms with van der Waals surface area (Å²) < 4.78 is 10.5. The number of methoxy groups -OCH3 is 2. The summed E-state index contributed by atoms with van der Waals surface area (Å²) in [6, 6.07) is 8.67. The van der Waals surface area contributed by atoms with E-state index in [1.807, 2.05) is 6.92 Å². The predicted molar refractivity (Wildman–Crippen MR) is 76.5 cm³/mol. The van der Waals surface area contributed by atoms with Crippen LogP contribution in [0.4, 0.5) is 5.82 Å². The molecule has 1 aromatic heterocycles. The summed E-state index contributed by atoms with van der Waals surface area (Å²) in [4.78, 5) is 16.3. The molecule has 0 aliphatic carbocycles. The number of ether oxygens (including phenoxy) is 2. The smallest absolute Gasteiger partial charge is 0.257 e. The number of carbonyl (C=O) groups excluding carboxylic acids is 1. The number of aromatic nitrogens is 1. The minimum atomic E-state index is -0.264. The first-order valence-electron chi connectivity index (χ1n) is 6.10. The molecule has 0 spiro atoms. The zero-order chi connectivity index (χ0) is 14.5. The van der Waals surface area contributed by atoms with E-state index in [-0.39, 0.29) is 5.91 Å². The summed E-state index contributed by atoms with van der Waals surface area (Å²) >= 11 is 0. The van der Waals surface area contributed by atoms with Crippen molar-refractivity contribution in [1.82, 2.24) is 4.98 Å². The number of anilines is 1. The first-order valence-corrected chi connectivity index (χ1v) is 6.10. The van der Waals surface area contributed by atoms with Crippen LogP contribution in [0.25, 0.3) is 0 Å². The van der Waals surface area contributed by atoms with Gasteiger partial charge in [-0.3, -0.25) is 4.79 Å². The minimum Gasteiger partial charge on any atom is -0.496 e. The molecule has 0 aliphatic heterocycles. The number of carbonyl (C=O) groups is 1. The number of hydrogen-bond acceptors (Lipinski definition) is 4. The van der Waals surface area contributed by atoms with Gasteiger partial charge in [0.05, 0.1) is 14.2 Å². The second kappa shape index (κ2) is 6.06. The van der Waals surface area contributed by atoms with Crippen molar-refractivity contribution in [3.63, 3.8) is 0 Å². The van der Waals surface area contributed by atoms with E-state index in [9.17, 15) is 4.79 Å². The minimum absolute atomic E-state index is 0.264. The molecule has 0 saturated heterocycles. The van der Waals surface area contributed by atoms with E-state index in [0.717, 1.165) is 5.56 Å². The fourth-order valence-electron chi connectivity index (χ4n) is 1.84. The summed E-state index contributed by atoms with van der Waals surface area (Å²) in [6.45, 7) is 1.87. The first kappa shape index (κ1) is 13.9. The van der Waals surface area contributed by atoms with Crippen LogP contribution in [0.5, 0.6) is 11.5 Å². The van der Waals surface area contributed by atoms with Gasteiger partial charge in [0.15, 0.2) is 0 Å². The van der Waals surface area contributed by atoms with Crippen molar-refractivity contribution in [2.45, 2.75) is 6.92 Å². The Bertz CT molecular complexity index is 587. The molecule has 0 aliphatic rings. The summed E-state index contributed by atoms with van der Waals surface area (Å²) in [5, 5.41) is 2.72. The average Bonchev–Trinajstić information content (AvgIpc) is 2.48. The lowest BCUT2D eigenvalue weighted by molar-refractivity contribution is 0.102. The van der Waals surface area contributed by atoms with Gasteiger partial charge in [0, 0.05) is 17.3 Å². The number of amides is 1. The van der Waals surface area contributed by atoms with Crippen LogP contribution in [0.1, 0.15) is 15.9 Å². The molecule has 1 aromatic carbocycles. The molecule has 0 fully saturated rings. The topological polar surface area (TPSA) is 60.5 Å². The summed E-state index contributed by atoms with van der Waals surface area (Å²) in [5.41, 5.74) is 1.30. The normalized spacial score (nSPS) is 9.95. The van der Waals surface area contributed by atoms with Crippen LogP contribution >= 0.6 is 0 Å². The lowest BCUT2D eigenvalue weighted by Crippen LogP contribution is -2.13. The lowest BCUT2D eigenvalue weighted by Gasteiger charge is -2.12. The molecule has 0 saturated carbocycles. The molecule has 0 atom stereocenters. The predicted octanol–water partition coefficient (Wildman–Crippen LogP) is 2.66. The van der Waals surface area contributed by atoms with Gasteiger partial charge < -0.3 is 14.8 Å². The van der Waals surface area contributed by atoms with Crippen LogP contribution in [0.2, 0.25) is 0 Å². The SMILES string of the molecule is COc1cc(C(=O)Nc2ccccn2)cc(OC)c1C. The van der Waals surface area contributed by atoms with Crippen LogP contribution in [-0.2, 0) is 0 Å². The van der Waals surface area contributed by atoms with Crippen LogP contribution < -0.4 is 14.8 Å². The Morgan fingerprint density at radius 3 is 2.30 bits per heavy atom. The third-order valence-corrected chi connectivity index (χ3v) is 2.92. The Balaban J connectivity index is 2.30. The van der Waals surface area contributed by atoms with E-state index in [1.54, 1.807) is 50.7 Å². The fraction of sp³-hybridized carbons (Fsp3) is 0.200. The number of benzene rings is 1. The fourth-order valence-corrected chi connectivity index (χ4v) is 1.84. The Labute approximate surface area is 117 Å². The Morgan fingerprint density at radius 1 is 1.15 bits per heavy atom. The Hall–Kier alpha value is -2.56. The molecule has 5 heteroatoms. The Kier molecular flexibility index (Phi) is 4.20. The Morgan fingerprint density at radius 2 is 1.80 bits per heavy atom. The van der Waals surface area contributed by atoms with E-state index in [2.05, 4.69) is 10.3 Å². The molecule has 2 rings (SSSR count). The van der Waals surface area contributed by atoms with E-state index in [0.29, 0.717) is 22.9 Å². The van der Waals surface area contributed by atoms with Crippen molar-refractivity contribution >= 4 is 11.7 Å². The van der Waals surface area contributed by atoms with Crippen LogP contribution in [0.3, 0.4) is 0 Å². The molecular formula is C15H16N2O3. The molecule has 5 nitrogen and oxygen atoms in total. The van der Waals surface area contributed by atoms with Gasteiger partial charge in [-0.15, -0.1) is 0 Å². The second-order valence-corrected chi connectivity index (χ2v) is 4.17. The quantitative estimate of drug-likeness (QED) is 0.929. The molecule has 104 valence electrons. The van der Waals surface area contributed by atoms with E-state index >= 15 is 0 Å². The van der Waals surface area contributed by atoms with Gasteiger partial charge in [-0.25, -0.2) is 4.98 Å². The summed E-state index contributed by atoms with van der Waals surface area (Å²) in [6.07, 6.45) is 1.62. The number of nitrogens with zero attached hydrogens (tertiary/aromatic N) is 1. The summed E-state index contributed by atoms with van der Waals surface area (Å²) in [7, 11) is 3.12. The molecule has 0 radical (unpaired) electrons.